The Balaban J connectivity index is 1.71. The molecule has 1 amide bonds. The molecule has 504 valence electrons. The molecular formula is C75H121NO13. The van der Waals surface area contributed by atoms with Gasteiger partial charge in [0.15, 0.2) is 12.6 Å². The Hall–Kier alpha value is -4.39. The number of ether oxygens (including phenoxy) is 4. The summed E-state index contributed by atoms with van der Waals surface area (Å²) in [5.41, 5.74) is 0. The lowest BCUT2D eigenvalue weighted by atomic mass is 9.97. The van der Waals surface area contributed by atoms with Crippen LogP contribution in [0.5, 0.6) is 0 Å². The molecule has 2 rings (SSSR count). The van der Waals surface area contributed by atoms with Crippen molar-refractivity contribution in [2.24, 2.45) is 0 Å². The van der Waals surface area contributed by atoms with E-state index in [0.29, 0.717) is 12.8 Å². The second-order valence-corrected chi connectivity index (χ2v) is 23.2. The van der Waals surface area contributed by atoms with Crippen LogP contribution < -0.4 is 5.32 Å². The normalized spacial score (nSPS) is 24.1. The van der Waals surface area contributed by atoms with E-state index in [0.717, 1.165) is 103 Å². The average Bonchev–Trinajstić information content (AvgIpc) is 1.44. The molecule has 14 heteroatoms. The minimum absolute atomic E-state index is 0.223. The van der Waals surface area contributed by atoms with E-state index in [1.807, 2.05) is 6.08 Å². The molecule has 0 spiro atoms. The molecule has 2 saturated heterocycles. The number of hydrogen-bond acceptors (Lipinski definition) is 13. The van der Waals surface area contributed by atoms with Gasteiger partial charge in [0.05, 0.1) is 32.0 Å². The Kier molecular flexibility index (Phi) is 52.1. The zero-order valence-corrected chi connectivity index (χ0v) is 54.6. The van der Waals surface area contributed by atoms with Crippen molar-refractivity contribution in [2.45, 2.75) is 286 Å². The monoisotopic (exact) mass is 1240 g/mol. The first-order valence-corrected chi connectivity index (χ1v) is 34.2. The van der Waals surface area contributed by atoms with Gasteiger partial charge in [-0.1, -0.05) is 249 Å². The quantitative estimate of drug-likeness (QED) is 0.0204. The largest absolute Gasteiger partial charge is 0.394 e. The Labute approximate surface area is 537 Å². The van der Waals surface area contributed by atoms with Gasteiger partial charge in [0, 0.05) is 6.42 Å². The molecule has 0 aliphatic carbocycles. The number of rotatable bonds is 53. The van der Waals surface area contributed by atoms with Crippen LogP contribution in [0.2, 0.25) is 0 Å². The van der Waals surface area contributed by atoms with E-state index < -0.39 is 86.8 Å². The Morgan fingerprint density at radius 2 is 0.787 bits per heavy atom. The summed E-state index contributed by atoms with van der Waals surface area (Å²) < 4.78 is 22.8. The Morgan fingerprint density at radius 3 is 1.24 bits per heavy atom. The summed E-state index contributed by atoms with van der Waals surface area (Å²) in [5, 5.41) is 87.3. The van der Waals surface area contributed by atoms with Gasteiger partial charge in [-0.2, -0.15) is 0 Å². The second-order valence-electron chi connectivity index (χ2n) is 23.2. The summed E-state index contributed by atoms with van der Waals surface area (Å²) in [5.74, 6) is -0.288. The second kappa shape index (κ2) is 57.5. The molecule has 89 heavy (non-hydrogen) atoms. The van der Waals surface area contributed by atoms with Crippen LogP contribution in [0, 0.1) is 0 Å². The van der Waals surface area contributed by atoms with Gasteiger partial charge in [0.2, 0.25) is 5.91 Å². The third-order valence-corrected chi connectivity index (χ3v) is 15.4. The van der Waals surface area contributed by atoms with Crippen LogP contribution in [0.3, 0.4) is 0 Å². The maximum Gasteiger partial charge on any atom is 0.220 e. The van der Waals surface area contributed by atoms with Crippen molar-refractivity contribution in [3.05, 3.63) is 158 Å². The van der Waals surface area contributed by atoms with Crippen LogP contribution in [-0.4, -0.2) is 140 Å². The van der Waals surface area contributed by atoms with Crippen molar-refractivity contribution < 1.29 is 64.6 Å². The summed E-state index contributed by atoms with van der Waals surface area (Å²) in [6.45, 7) is 2.63. The van der Waals surface area contributed by atoms with Gasteiger partial charge >= 0.3 is 0 Å². The van der Waals surface area contributed by atoms with E-state index in [2.05, 4.69) is 165 Å². The number of allylic oxidation sites excluding steroid dienone is 25. The van der Waals surface area contributed by atoms with Gasteiger partial charge in [-0.15, -0.1) is 0 Å². The molecule has 9 N–H and O–H groups in total. The van der Waals surface area contributed by atoms with E-state index in [4.69, 9.17) is 18.9 Å². The molecule has 12 unspecified atom stereocenters. The summed E-state index contributed by atoms with van der Waals surface area (Å²) in [6.07, 6.45) is 71.5. The Bertz CT molecular complexity index is 2100. The number of carbonyl (C=O) groups excluding carboxylic acids is 1. The fourth-order valence-electron chi connectivity index (χ4n) is 10.0. The molecule has 0 bridgehead atoms. The minimum atomic E-state index is -1.80. The molecule has 14 nitrogen and oxygen atoms in total. The van der Waals surface area contributed by atoms with Gasteiger partial charge in [-0.3, -0.25) is 4.79 Å². The summed E-state index contributed by atoms with van der Waals surface area (Å²) in [6, 6.07) is -0.962. The average molecular weight is 1240 g/mol. The van der Waals surface area contributed by atoms with E-state index >= 15 is 0 Å². The van der Waals surface area contributed by atoms with Gasteiger partial charge in [0.1, 0.15) is 48.8 Å². The molecule has 2 fully saturated rings. The van der Waals surface area contributed by atoms with Crippen molar-refractivity contribution in [2.75, 3.05) is 19.8 Å². The minimum Gasteiger partial charge on any atom is -0.394 e. The standard InChI is InChI=1S/C75H121NO13/c1-3-5-7-9-11-13-15-17-19-21-23-24-25-26-27-28-29-30-31-32-33-34-35-36-37-38-39-40-41-43-45-47-49-51-53-55-57-59-67(80)76-63(64(79)58-56-54-52-50-48-46-44-42-22-20-18-16-14-12-10-8-6-4-2)62-86-74-72(85)70(83)73(66(61-78)88-74)89-75-71(84)69(82)68(81)65(60-77)87-75/h5,7,11,13,17,19,23-24,26-27,29-30,32-33,35-36,38-39,41,43,47-50,56,58,63-66,68-75,77-79,81-85H,3-4,6,8-10,12,14-16,18,20-22,25,28,31,34,37,40,42,44-46,51-55,57,59-62H2,1-2H3,(H,76,80)/b7-5-,13-11-,19-17-,24-23-,27-26-,30-29-,33-32-,36-35-,39-38-,43-41-,49-47-,50-48+,58-56+. The highest BCUT2D eigenvalue weighted by Gasteiger charge is 2.51. The maximum atomic E-state index is 13.3. The summed E-state index contributed by atoms with van der Waals surface area (Å²) in [4.78, 5) is 13.3. The number of aliphatic hydroxyl groups is 8. The zero-order chi connectivity index (χ0) is 64.5. The molecule has 0 saturated carbocycles. The van der Waals surface area contributed by atoms with E-state index in [9.17, 15) is 45.6 Å². The molecule has 2 aliphatic rings. The molecule has 2 heterocycles. The van der Waals surface area contributed by atoms with Crippen LogP contribution in [0.25, 0.3) is 0 Å². The topological polar surface area (TPSA) is 228 Å². The number of amides is 1. The third-order valence-electron chi connectivity index (χ3n) is 15.4. The molecule has 12 atom stereocenters. The highest BCUT2D eigenvalue weighted by molar-refractivity contribution is 5.76. The van der Waals surface area contributed by atoms with Crippen molar-refractivity contribution in [1.29, 1.82) is 0 Å². The van der Waals surface area contributed by atoms with Gasteiger partial charge in [-0.25, -0.2) is 0 Å². The molecule has 0 radical (unpaired) electrons. The first kappa shape index (κ1) is 80.7. The van der Waals surface area contributed by atoms with Gasteiger partial charge in [-0.05, 0) is 116 Å². The van der Waals surface area contributed by atoms with E-state index in [1.165, 1.54) is 77.0 Å². The fraction of sp³-hybridized carbons (Fsp3) is 0.640. The van der Waals surface area contributed by atoms with Gasteiger partial charge < -0.3 is 65.1 Å². The summed E-state index contributed by atoms with van der Waals surface area (Å²) in [7, 11) is 0. The fourth-order valence-corrected chi connectivity index (χ4v) is 10.0. The third kappa shape index (κ3) is 41.7. The van der Waals surface area contributed by atoms with Gasteiger partial charge in [0.25, 0.3) is 0 Å². The van der Waals surface area contributed by atoms with Crippen molar-refractivity contribution in [3.63, 3.8) is 0 Å². The number of aliphatic hydroxyl groups excluding tert-OH is 8. The lowest BCUT2D eigenvalue weighted by molar-refractivity contribution is -0.359. The molecule has 0 aromatic carbocycles. The van der Waals surface area contributed by atoms with Crippen LogP contribution in [0.1, 0.15) is 213 Å². The van der Waals surface area contributed by atoms with Crippen molar-refractivity contribution in [1.82, 2.24) is 5.32 Å². The number of unbranched alkanes of at least 4 members (excludes halogenated alkanes) is 16. The van der Waals surface area contributed by atoms with E-state index in [-0.39, 0.29) is 18.9 Å². The lowest BCUT2D eigenvalue weighted by Crippen LogP contribution is -2.65. The molecule has 0 aromatic heterocycles. The molecular weight excluding hydrogens is 1120 g/mol. The molecule has 2 aliphatic heterocycles. The van der Waals surface area contributed by atoms with Crippen LogP contribution in [0.15, 0.2) is 158 Å². The lowest BCUT2D eigenvalue weighted by Gasteiger charge is -2.46. The molecule has 0 aromatic rings. The first-order chi connectivity index (χ1) is 43.6. The predicted molar refractivity (Wildman–Crippen MR) is 364 cm³/mol. The van der Waals surface area contributed by atoms with Crippen LogP contribution >= 0.6 is 0 Å². The number of hydrogen-bond donors (Lipinski definition) is 9. The first-order valence-electron chi connectivity index (χ1n) is 34.2. The van der Waals surface area contributed by atoms with Crippen molar-refractivity contribution >= 4 is 5.91 Å². The number of carbonyl (C=O) groups is 1. The van der Waals surface area contributed by atoms with Crippen LogP contribution in [0.4, 0.5) is 0 Å². The van der Waals surface area contributed by atoms with Crippen LogP contribution in [-0.2, 0) is 23.7 Å². The van der Waals surface area contributed by atoms with Crippen molar-refractivity contribution in [3.8, 4) is 0 Å². The van der Waals surface area contributed by atoms with E-state index in [1.54, 1.807) is 6.08 Å². The zero-order valence-electron chi connectivity index (χ0n) is 54.6. The summed E-state index contributed by atoms with van der Waals surface area (Å²) >= 11 is 0. The maximum absolute atomic E-state index is 13.3. The highest BCUT2D eigenvalue weighted by atomic mass is 16.7. The Morgan fingerprint density at radius 1 is 0.416 bits per heavy atom. The smallest absolute Gasteiger partial charge is 0.220 e. The number of nitrogens with one attached hydrogen (secondary N) is 1. The highest BCUT2D eigenvalue weighted by Crippen LogP contribution is 2.30. The predicted octanol–water partition coefficient (Wildman–Crippen LogP) is 13.8. The SMILES string of the molecule is CC/C=C\C/C=C\C/C=C\C/C=C\C/C=C\C/C=C\C/C=C\C/C=C\C/C=C\C/C=C\C/C=C\CCCCCC(=O)NC(COC1OC(CO)C(OC2OC(CO)C(O)C(O)C2O)C(O)C1O)C(O)/C=C/CC/C=C/CCCCCCCCCCCCCC.